The van der Waals surface area contributed by atoms with E-state index in [1.165, 1.54) is 19.4 Å². The van der Waals surface area contributed by atoms with Gasteiger partial charge in [0.15, 0.2) is 0 Å². The zero-order chi connectivity index (χ0) is 7.19. The van der Waals surface area contributed by atoms with Crippen molar-refractivity contribution >= 4 is 22.9 Å². The van der Waals surface area contributed by atoms with E-state index >= 15 is 0 Å². The Balaban J connectivity index is 2.07. The third kappa shape index (κ3) is 0.987. The summed E-state index contributed by atoms with van der Waals surface area (Å²) in [6, 6.07) is 0.627. The lowest BCUT2D eigenvalue weighted by atomic mass is 9.93. The summed E-state index contributed by atoms with van der Waals surface area (Å²) in [6.45, 7) is 4.49. The number of hydrogen-bond donors (Lipinski definition) is 0. The molecule has 0 aromatic heterocycles. The molecule has 10 heavy (non-hydrogen) atoms. The number of halogens is 1. The molecular weight excluding hydrogens is 241 g/mol. The van der Waals surface area contributed by atoms with Gasteiger partial charge in [-0.15, -0.1) is 0 Å². The summed E-state index contributed by atoms with van der Waals surface area (Å²) in [6.07, 6.45) is 2.57. The van der Waals surface area contributed by atoms with Crippen molar-refractivity contribution < 1.29 is 4.74 Å². The SMILES string of the molecule is C[C@H]1N(I)CCC[C@]12CO2. The Morgan fingerprint density at radius 1 is 1.70 bits per heavy atom. The molecule has 0 aromatic carbocycles. The van der Waals surface area contributed by atoms with Crippen LogP contribution < -0.4 is 0 Å². The Morgan fingerprint density at radius 3 is 2.90 bits per heavy atom. The molecule has 2 aliphatic heterocycles. The van der Waals surface area contributed by atoms with E-state index in [0.717, 1.165) is 6.61 Å². The summed E-state index contributed by atoms with van der Waals surface area (Å²) in [7, 11) is 0. The van der Waals surface area contributed by atoms with Crippen molar-refractivity contribution in [2.75, 3.05) is 13.2 Å². The van der Waals surface area contributed by atoms with E-state index in [2.05, 4.69) is 32.9 Å². The molecule has 2 aliphatic rings. The van der Waals surface area contributed by atoms with Crippen LogP contribution in [0.25, 0.3) is 0 Å². The third-order valence-corrected chi connectivity index (χ3v) is 3.99. The van der Waals surface area contributed by atoms with Crippen LogP contribution in [0.1, 0.15) is 19.8 Å². The van der Waals surface area contributed by atoms with Crippen LogP contribution in [0.2, 0.25) is 0 Å². The molecule has 58 valence electrons. The zero-order valence-electron chi connectivity index (χ0n) is 6.14. The quantitative estimate of drug-likeness (QED) is 0.370. The second-order valence-electron chi connectivity index (χ2n) is 3.26. The maximum absolute atomic E-state index is 5.47. The van der Waals surface area contributed by atoms with E-state index in [0.29, 0.717) is 6.04 Å². The summed E-state index contributed by atoms with van der Waals surface area (Å²) in [5, 5.41) is 0. The summed E-state index contributed by atoms with van der Waals surface area (Å²) in [4.78, 5) is 0. The Labute approximate surface area is 75.4 Å². The van der Waals surface area contributed by atoms with Crippen LogP contribution in [0.5, 0.6) is 0 Å². The minimum absolute atomic E-state index is 0.277. The number of ether oxygens (including phenoxy) is 1. The molecule has 0 aliphatic carbocycles. The van der Waals surface area contributed by atoms with E-state index < -0.39 is 0 Å². The predicted octanol–water partition coefficient (Wildman–Crippen LogP) is 1.59. The highest BCUT2D eigenvalue weighted by atomic mass is 127. The second kappa shape index (κ2) is 2.32. The lowest BCUT2D eigenvalue weighted by molar-refractivity contribution is 0.155. The maximum Gasteiger partial charge on any atom is 0.108 e. The summed E-state index contributed by atoms with van der Waals surface area (Å²) in [5.41, 5.74) is 0.277. The van der Waals surface area contributed by atoms with Gasteiger partial charge in [-0.05, 0) is 19.8 Å². The Hall–Kier alpha value is 0.650. The van der Waals surface area contributed by atoms with Crippen LogP contribution in [0.15, 0.2) is 0 Å². The first-order chi connectivity index (χ1) is 4.75. The molecule has 2 saturated heterocycles. The van der Waals surface area contributed by atoms with Gasteiger partial charge in [0.25, 0.3) is 0 Å². The average molecular weight is 253 g/mol. The van der Waals surface area contributed by atoms with Gasteiger partial charge >= 0.3 is 0 Å². The van der Waals surface area contributed by atoms with Crippen molar-refractivity contribution in [1.29, 1.82) is 0 Å². The van der Waals surface area contributed by atoms with Crippen molar-refractivity contribution in [1.82, 2.24) is 3.11 Å². The largest absolute Gasteiger partial charge is 0.368 e. The predicted molar refractivity (Wildman–Crippen MR) is 48.1 cm³/mol. The number of nitrogens with zero attached hydrogens (tertiary/aromatic N) is 1. The first-order valence-electron chi connectivity index (χ1n) is 3.81. The van der Waals surface area contributed by atoms with E-state index in [1.807, 2.05) is 0 Å². The molecule has 0 saturated carbocycles. The first kappa shape index (κ1) is 7.31. The Bertz CT molecular complexity index is 147. The lowest BCUT2D eigenvalue weighted by Crippen LogP contribution is -2.43. The molecule has 0 aromatic rings. The minimum Gasteiger partial charge on any atom is -0.368 e. The van der Waals surface area contributed by atoms with Gasteiger partial charge in [-0.1, -0.05) is 0 Å². The van der Waals surface area contributed by atoms with Gasteiger partial charge in [0.2, 0.25) is 0 Å². The maximum atomic E-state index is 5.47. The average Bonchev–Trinajstić information content (AvgIpc) is 2.65. The molecule has 0 amide bonds. The summed E-state index contributed by atoms with van der Waals surface area (Å²) in [5.74, 6) is 0. The molecule has 2 atom stereocenters. The molecule has 1 spiro atoms. The van der Waals surface area contributed by atoms with Crippen molar-refractivity contribution in [3.8, 4) is 0 Å². The normalized spacial score (nSPS) is 48.0. The van der Waals surface area contributed by atoms with Gasteiger partial charge in [-0.3, -0.25) is 0 Å². The highest BCUT2D eigenvalue weighted by Gasteiger charge is 2.52. The number of epoxide rings is 1. The molecule has 2 fully saturated rings. The van der Waals surface area contributed by atoms with E-state index in [9.17, 15) is 0 Å². The van der Waals surface area contributed by atoms with Gasteiger partial charge in [-0.2, -0.15) is 0 Å². The monoisotopic (exact) mass is 253 g/mol. The molecule has 0 N–H and O–H groups in total. The van der Waals surface area contributed by atoms with Crippen molar-refractivity contribution in [3.05, 3.63) is 0 Å². The molecular formula is C7H12INO. The zero-order valence-corrected chi connectivity index (χ0v) is 8.30. The fourth-order valence-electron chi connectivity index (χ4n) is 1.67. The molecule has 2 rings (SSSR count). The number of rotatable bonds is 0. The van der Waals surface area contributed by atoms with Crippen LogP contribution >= 0.6 is 22.9 Å². The molecule has 0 bridgehead atoms. The van der Waals surface area contributed by atoms with Crippen LogP contribution in [0.4, 0.5) is 0 Å². The van der Waals surface area contributed by atoms with Crippen molar-refractivity contribution in [2.24, 2.45) is 0 Å². The fourth-order valence-corrected chi connectivity index (χ4v) is 2.51. The van der Waals surface area contributed by atoms with Crippen molar-refractivity contribution in [2.45, 2.75) is 31.4 Å². The van der Waals surface area contributed by atoms with Crippen LogP contribution in [-0.4, -0.2) is 27.9 Å². The molecule has 2 nitrogen and oxygen atoms in total. The number of piperidine rings is 1. The fraction of sp³-hybridized carbons (Fsp3) is 1.00. The van der Waals surface area contributed by atoms with Gasteiger partial charge in [-0.25, -0.2) is 3.11 Å². The Morgan fingerprint density at radius 2 is 2.40 bits per heavy atom. The lowest BCUT2D eigenvalue weighted by Gasteiger charge is -2.32. The highest BCUT2D eigenvalue weighted by Crippen LogP contribution is 2.42. The van der Waals surface area contributed by atoms with E-state index in [4.69, 9.17) is 4.74 Å². The smallest absolute Gasteiger partial charge is 0.108 e. The highest BCUT2D eigenvalue weighted by molar-refractivity contribution is 14.1. The van der Waals surface area contributed by atoms with Gasteiger partial charge in [0, 0.05) is 35.5 Å². The number of hydrogen-bond acceptors (Lipinski definition) is 2. The molecule has 0 radical (unpaired) electrons. The third-order valence-electron chi connectivity index (χ3n) is 2.67. The second-order valence-corrected chi connectivity index (χ2v) is 4.50. The standard InChI is InChI=1S/C7H12INO/c1-6-7(5-10-7)3-2-4-9(6)8/h6H,2-5H2,1H3/t6-,7+/m1/s1. The minimum atomic E-state index is 0.277. The van der Waals surface area contributed by atoms with Crippen LogP contribution in [-0.2, 0) is 4.74 Å². The molecule has 3 heteroatoms. The van der Waals surface area contributed by atoms with E-state index in [1.54, 1.807) is 0 Å². The molecule has 2 heterocycles. The molecule has 0 unspecified atom stereocenters. The van der Waals surface area contributed by atoms with Gasteiger partial charge in [0.1, 0.15) is 5.60 Å². The Kier molecular flexibility index (Phi) is 1.69. The van der Waals surface area contributed by atoms with Crippen LogP contribution in [0, 0.1) is 0 Å². The van der Waals surface area contributed by atoms with Gasteiger partial charge in [0.05, 0.1) is 6.61 Å². The van der Waals surface area contributed by atoms with Crippen molar-refractivity contribution in [3.63, 3.8) is 0 Å². The summed E-state index contributed by atoms with van der Waals surface area (Å²) < 4.78 is 7.84. The summed E-state index contributed by atoms with van der Waals surface area (Å²) >= 11 is 2.40. The topological polar surface area (TPSA) is 15.8 Å². The first-order valence-corrected chi connectivity index (χ1v) is 4.77. The van der Waals surface area contributed by atoms with Gasteiger partial charge < -0.3 is 4.74 Å². The van der Waals surface area contributed by atoms with E-state index in [-0.39, 0.29) is 5.60 Å². The van der Waals surface area contributed by atoms with Crippen LogP contribution in [0.3, 0.4) is 0 Å².